The summed E-state index contributed by atoms with van der Waals surface area (Å²) in [6.45, 7) is 3.19. The smallest absolute Gasteiger partial charge is 0.414 e. The zero-order chi connectivity index (χ0) is 18.5. The zero-order valence-corrected chi connectivity index (χ0v) is 16.0. The van der Waals surface area contributed by atoms with E-state index in [1.54, 1.807) is 4.90 Å². The number of nitrogens with zero attached hydrogens (tertiary/aromatic N) is 1. The number of amides is 2. The zero-order valence-electron chi connectivity index (χ0n) is 14.4. The number of carbonyl (C=O) groups is 2. The van der Waals surface area contributed by atoms with Gasteiger partial charge in [-0.25, -0.2) is 4.79 Å². The molecule has 1 aliphatic rings. The molecule has 0 saturated carbocycles. The first-order chi connectivity index (χ1) is 12.5. The monoisotopic (exact) mass is 417 g/mol. The lowest BCUT2D eigenvalue weighted by Crippen LogP contribution is -2.30. The summed E-state index contributed by atoms with van der Waals surface area (Å²) in [6.07, 6.45) is -0.312. The minimum atomic E-state index is -0.312. The third-order valence-corrected chi connectivity index (χ3v) is 4.64. The van der Waals surface area contributed by atoms with Crippen molar-refractivity contribution in [1.82, 2.24) is 5.32 Å². The summed E-state index contributed by atoms with van der Waals surface area (Å²) < 4.78 is 5.86. The molecule has 1 saturated heterocycles. The maximum atomic E-state index is 12.1. The van der Waals surface area contributed by atoms with Crippen molar-refractivity contribution in [2.75, 3.05) is 29.9 Å². The first kappa shape index (κ1) is 18.4. The Morgan fingerprint density at radius 1 is 1.27 bits per heavy atom. The average molecular weight is 418 g/mol. The number of ether oxygens (including phenoxy) is 1. The van der Waals surface area contributed by atoms with Crippen LogP contribution in [0.3, 0.4) is 0 Å². The largest absolute Gasteiger partial charge is 0.447 e. The van der Waals surface area contributed by atoms with Crippen LogP contribution in [0.2, 0.25) is 0 Å². The van der Waals surface area contributed by atoms with Crippen molar-refractivity contribution in [1.29, 1.82) is 0 Å². The van der Waals surface area contributed by atoms with Crippen molar-refractivity contribution in [3.05, 3.63) is 58.6 Å². The fourth-order valence-corrected chi connectivity index (χ4v) is 3.11. The standard InChI is InChI=1S/C19H20BrN3O3/c1-13(21-12-18(24)22-16-4-2-3-15(20)11-16)14-5-7-17(8-6-14)23-9-10-26-19(23)25/h2-8,11,13,21H,9-10,12H2,1H3,(H,22,24)/t13-/m1/s1. The van der Waals surface area contributed by atoms with Crippen LogP contribution in [-0.4, -0.2) is 31.7 Å². The number of halogens is 1. The summed E-state index contributed by atoms with van der Waals surface area (Å²) in [5.74, 6) is -0.105. The molecule has 1 aliphatic heterocycles. The molecule has 0 radical (unpaired) electrons. The number of rotatable bonds is 6. The molecular formula is C19H20BrN3O3. The summed E-state index contributed by atoms with van der Waals surface area (Å²) in [4.78, 5) is 25.3. The van der Waals surface area contributed by atoms with Gasteiger partial charge in [0.15, 0.2) is 0 Å². The molecular weight excluding hydrogens is 398 g/mol. The molecule has 0 bridgehead atoms. The summed E-state index contributed by atoms with van der Waals surface area (Å²) in [5.41, 5.74) is 2.60. The Kier molecular flexibility index (Phi) is 5.90. The molecule has 2 aromatic carbocycles. The second-order valence-electron chi connectivity index (χ2n) is 6.02. The van der Waals surface area contributed by atoms with Crippen molar-refractivity contribution in [2.24, 2.45) is 0 Å². The molecule has 26 heavy (non-hydrogen) atoms. The van der Waals surface area contributed by atoms with Crippen LogP contribution in [0.4, 0.5) is 16.2 Å². The third kappa shape index (κ3) is 4.62. The van der Waals surface area contributed by atoms with Crippen LogP contribution in [0.1, 0.15) is 18.5 Å². The average Bonchev–Trinajstić information content (AvgIpc) is 3.06. The van der Waals surface area contributed by atoms with Crippen LogP contribution in [-0.2, 0) is 9.53 Å². The highest BCUT2D eigenvalue weighted by Crippen LogP contribution is 2.22. The lowest BCUT2D eigenvalue weighted by Gasteiger charge is -2.17. The Hall–Kier alpha value is -2.38. The van der Waals surface area contributed by atoms with Crippen LogP contribution >= 0.6 is 15.9 Å². The van der Waals surface area contributed by atoms with Gasteiger partial charge in [0.2, 0.25) is 5.91 Å². The molecule has 3 rings (SSSR count). The number of anilines is 2. The van der Waals surface area contributed by atoms with Crippen molar-refractivity contribution in [2.45, 2.75) is 13.0 Å². The van der Waals surface area contributed by atoms with Gasteiger partial charge in [0.25, 0.3) is 0 Å². The Labute approximate surface area is 160 Å². The molecule has 0 spiro atoms. The van der Waals surface area contributed by atoms with Gasteiger partial charge in [-0.15, -0.1) is 0 Å². The van der Waals surface area contributed by atoms with E-state index < -0.39 is 0 Å². The molecule has 1 atom stereocenters. The lowest BCUT2D eigenvalue weighted by molar-refractivity contribution is -0.115. The maximum Gasteiger partial charge on any atom is 0.414 e. The topological polar surface area (TPSA) is 70.7 Å². The molecule has 1 fully saturated rings. The SMILES string of the molecule is C[C@@H](NCC(=O)Nc1cccc(Br)c1)c1ccc(N2CCOC2=O)cc1. The normalized spacial score (nSPS) is 14.8. The third-order valence-electron chi connectivity index (χ3n) is 4.14. The van der Waals surface area contributed by atoms with E-state index in [0.29, 0.717) is 13.2 Å². The number of hydrogen-bond acceptors (Lipinski definition) is 4. The summed E-state index contributed by atoms with van der Waals surface area (Å²) >= 11 is 3.38. The molecule has 1 heterocycles. The fourth-order valence-electron chi connectivity index (χ4n) is 2.71. The molecule has 2 aromatic rings. The van der Waals surface area contributed by atoms with Crippen LogP contribution in [0.25, 0.3) is 0 Å². The van der Waals surface area contributed by atoms with Crippen molar-refractivity contribution < 1.29 is 14.3 Å². The second-order valence-corrected chi connectivity index (χ2v) is 6.93. The van der Waals surface area contributed by atoms with Crippen LogP contribution in [0.5, 0.6) is 0 Å². The summed E-state index contributed by atoms with van der Waals surface area (Å²) in [7, 11) is 0. The molecule has 0 aromatic heterocycles. The minimum Gasteiger partial charge on any atom is -0.447 e. The highest BCUT2D eigenvalue weighted by atomic mass is 79.9. The van der Waals surface area contributed by atoms with Crippen molar-refractivity contribution in [3.8, 4) is 0 Å². The van der Waals surface area contributed by atoms with E-state index in [9.17, 15) is 9.59 Å². The molecule has 6 nitrogen and oxygen atoms in total. The van der Waals surface area contributed by atoms with E-state index >= 15 is 0 Å². The van der Waals surface area contributed by atoms with E-state index in [0.717, 1.165) is 21.4 Å². The Bertz CT molecular complexity index is 795. The Morgan fingerprint density at radius 3 is 2.69 bits per heavy atom. The Morgan fingerprint density at radius 2 is 2.04 bits per heavy atom. The van der Waals surface area contributed by atoms with E-state index in [2.05, 4.69) is 26.6 Å². The second kappa shape index (κ2) is 8.33. The highest BCUT2D eigenvalue weighted by molar-refractivity contribution is 9.10. The predicted octanol–water partition coefficient (Wildman–Crippen LogP) is 3.70. The summed E-state index contributed by atoms with van der Waals surface area (Å²) in [5, 5.41) is 6.05. The number of nitrogens with one attached hydrogen (secondary N) is 2. The molecule has 2 N–H and O–H groups in total. The Balaban J connectivity index is 1.52. The first-order valence-corrected chi connectivity index (χ1v) is 9.15. The number of carbonyl (C=O) groups excluding carboxylic acids is 2. The highest BCUT2D eigenvalue weighted by Gasteiger charge is 2.23. The molecule has 0 unspecified atom stereocenters. The van der Waals surface area contributed by atoms with Gasteiger partial charge in [0.1, 0.15) is 6.61 Å². The van der Waals surface area contributed by atoms with E-state index in [1.807, 2.05) is 55.5 Å². The number of benzene rings is 2. The lowest BCUT2D eigenvalue weighted by atomic mass is 10.1. The van der Waals surface area contributed by atoms with Gasteiger partial charge in [-0.3, -0.25) is 9.69 Å². The number of hydrogen-bond donors (Lipinski definition) is 2. The van der Waals surface area contributed by atoms with Gasteiger partial charge in [0, 0.05) is 21.9 Å². The molecule has 136 valence electrons. The van der Waals surface area contributed by atoms with Gasteiger partial charge in [0.05, 0.1) is 13.1 Å². The van der Waals surface area contributed by atoms with Crippen molar-refractivity contribution in [3.63, 3.8) is 0 Å². The predicted molar refractivity (Wildman–Crippen MR) is 104 cm³/mol. The van der Waals surface area contributed by atoms with Gasteiger partial charge in [-0.2, -0.15) is 0 Å². The van der Waals surface area contributed by atoms with Crippen molar-refractivity contribution >= 4 is 39.3 Å². The maximum absolute atomic E-state index is 12.1. The fraction of sp³-hybridized carbons (Fsp3) is 0.263. The minimum absolute atomic E-state index is 0.00263. The quantitative estimate of drug-likeness (QED) is 0.751. The van der Waals surface area contributed by atoms with E-state index in [4.69, 9.17) is 4.74 Å². The first-order valence-electron chi connectivity index (χ1n) is 8.36. The van der Waals surface area contributed by atoms with Gasteiger partial charge in [-0.05, 0) is 42.8 Å². The summed E-state index contributed by atoms with van der Waals surface area (Å²) in [6, 6.07) is 15.1. The molecule has 7 heteroatoms. The van der Waals surface area contributed by atoms with Crippen LogP contribution in [0, 0.1) is 0 Å². The van der Waals surface area contributed by atoms with Crippen LogP contribution in [0.15, 0.2) is 53.0 Å². The van der Waals surface area contributed by atoms with Gasteiger partial charge in [-0.1, -0.05) is 34.1 Å². The molecule has 0 aliphatic carbocycles. The molecule has 2 amide bonds. The number of cyclic esters (lactones) is 1. The van der Waals surface area contributed by atoms with E-state index in [1.165, 1.54) is 0 Å². The van der Waals surface area contributed by atoms with Gasteiger partial charge >= 0.3 is 6.09 Å². The van der Waals surface area contributed by atoms with Crippen LogP contribution < -0.4 is 15.5 Å². The van der Waals surface area contributed by atoms with E-state index in [-0.39, 0.29) is 24.6 Å². The van der Waals surface area contributed by atoms with Gasteiger partial charge < -0.3 is 15.4 Å².